The minimum absolute atomic E-state index is 0.541. The maximum atomic E-state index is 6.93. The van der Waals surface area contributed by atoms with E-state index in [1.807, 2.05) is 0 Å². The van der Waals surface area contributed by atoms with Gasteiger partial charge in [0.05, 0.1) is 0 Å². The molecule has 0 radical (unpaired) electrons. The molecule has 0 bridgehead atoms. The lowest BCUT2D eigenvalue weighted by atomic mass is 10.3. The highest BCUT2D eigenvalue weighted by molar-refractivity contribution is 6.74. The molecule has 1 heterocycles. The molecule has 216 valence electrons. The van der Waals surface area contributed by atoms with E-state index in [0.717, 1.165) is 36.3 Å². The Balaban J connectivity index is 3.39. The Kier molecular flexibility index (Phi) is 18.0. The molecule has 0 atom stereocenters. The Hall–Kier alpha value is 1.06. The van der Waals surface area contributed by atoms with E-state index in [2.05, 4.69) is 83.1 Å². The first kappa shape index (κ1) is 35.1. The largest absolute Gasteiger partial charge is 0.420 e. The van der Waals surface area contributed by atoms with Crippen molar-refractivity contribution in [3.8, 4) is 0 Å². The van der Waals surface area contributed by atoms with Crippen LogP contribution in [0.25, 0.3) is 0 Å². The molecule has 1 rings (SSSR count). The molecule has 12 heteroatoms. The highest BCUT2D eigenvalue weighted by Gasteiger charge is 2.36. The Morgan fingerprint density at radius 2 is 0.389 bits per heavy atom. The topological polar surface area (TPSA) is 55.4 Å². The molecule has 0 aromatic rings. The quantitative estimate of drug-likeness (QED) is 0.277. The van der Waals surface area contributed by atoms with E-state index in [0.29, 0.717) is 35.5 Å². The van der Waals surface area contributed by atoms with Gasteiger partial charge in [-0.1, -0.05) is 83.1 Å². The van der Waals surface area contributed by atoms with Gasteiger partial charge in [-0.25, -0.2) is 0 Å². The number of rotatable bonds is 12. The molecule has 0 aromatic carbocycles. The first-order chi connectivity index (χ1) is 16.7. The van der Waals surface area contributed by atoms with Crippen LogP contribution in [0.15, 0.2) is 0 Å². The van der Waals surface area contributed by atoms with Gasteiger partial charge < -0.3 is 24.7 Å². The first-order valence-electron chi connectivity index (χ1n) is 14.7. The van der Waals surface area contributed by atoms with Crippen molar-refractivity contribution in [3.63, 3.8) is 0 Å². The van der Waals surface area contributed by atoms with Gasteiger partial charge in [0.25, 0.3) is 0 Å². The van der Waals surface area contributed by atoms with Gasteiger partial charge in [0.2, 0.25) is 0 Å². The summed E-state index contributed by atoms with van der Waals surface area (Å²) in [6.45, 7) is 27.3. The van der Waals surface area contributed by atoms with Crippen LogP contribution >= 0.6 is 0 Å². The molecule has 0 spiro atoms. The van der Waals surface area contributed by atoms with Crippen molar-refractivity contribution in [1.82, 2.24) is 0 Å². The van der Waals surface area contributed by atoms with Crippen molar-refractivity contribution < 1.29 is 24.7 Å². The van der Waals surface area contributed by atoms with Gasteiger partial charge in [-0.3, -0.25) is 0 Å². The molecular formula is C24H60O6Si6. The van der Waals surface area contributed by atoms with Crippen LogP contribution in [0.5, 0.6) is 0 Å². The third-order valence-electron chi connectivity index (χ3n) is 5.80. The van der Waals surface area contributed by atoms with Crippen molar-refractivity contribution in [2.45, 2.75) is 119 Å². The van der Waals surface area contributed by atoms with Crippen molar-refractivity contribution in [1.29, 1.82) is 0 Å². The zero-order chi connectivity index (χ0) is 27.4. The maximum Gasteiger partial charge on any atom is 0.303 e. The van der Waals surface area contributed by atoms with Crippen LogP contribution in [0.4, 0.5) is 0 Å². The van der Waals surface area contributed by atoms with E-state index in [1.54, 1.807) is 0 Å². The molecular weight excluding hydrogens is 553 g/mol. The van der Waals surface area contributed by atoms with E-state index >= 15 is 0 Å². The molecule has 0 aromatic heterocycles. The predicted molar refractivity (Wildman–Crippen MR) is 167 cm³/mol. The third kappa shape index (κ3) is 16.9. The van der Waals surface area contributed by atoms with Crippen LogP contribution in [0, 0.1) is 35.5 Å². The summed E-state index contributed by atoms with van der Waals surface area (Å²) in [6, 6.07) is 6.05. The van der Waals surface area contributed by atoms with Gasteiger partial charge in [0.1, 0.15) is 0 Å². The fourth-order valence-corrected chi connectivity index (χ4v) is 27.3. The molecule has 1 aliphatic rings. The van der Waals surface area contributed by atoms with Crippen LogP contribution in [0.1, 0.15) is 83.1 Å². The van der Waals surface area contributed by atoms with Crippen LogP contribution in [0.3, 0.4) is 0 Å². The summed E-state index contributed by atoms with van der Waals surface area (Å²) >= 11 is 0. The van der Waals surface area contributed by atoms with Gasteiger partial charge in [0.15, 0.2) is 0 Å². The standard InChI is InChI=1S/C24H60O6Si6/c1-19(2)13-31-25-32(14-20(3)4)27-34(16-22(7)8)29-36(18-24(11)12)30-35(17-23(9)10)28-33(26-31)15-21(5)6/h19-24,31-36H,13-18H2,1-12H3. The SMILES string of the molecule is CC(C)C[SiH]1O[SiH](CC(C)C)O[SiH](CC(C)C)O[SiH](CC(C)C)O[SiH](CC(C)C)O[SiH](CC(C)C)O1. The van der Waals surface area contributed by atoms with Crippen LogP contribution in [-0.2, 0) is 24.7 Å². The molecule has 6 nitrogen and oxygen atoms in total. The second-order valence-corrected chi connectivity index (χ2v) is 27.7. The third-order valence-corrected chi connectivity index (χ3v) is 28.3. The number of hydrogen-bond acceptors (Lipinski definition) is 6. The van der Waals surface area contributed by atoms with E-state index in [4.69, 9.17) is 24.7 Å². The Labute approximate surface area is 234 Å². The molecule has 0 N–H and O–H groups in total. The summed E-state index contributed by atoms with van der Waals surface area (Å²) in [5.74, 6) is 3.25. The summed E-state index contributed by atoms with van der Waals surface area (Å²) in [4.78, 5) is 0. The minimum Gasteiger partial charge on any atom is -0.420 e. The molecule has 36 heavy (non-hydrogen) atoms. The Bertz CT molecular complexity index is 433. The van der Waals surface area contributed by atoms with Crippen molar-refractivity contribution in [3.05, 3.63) is 0 Å². The molecule has 0 amide bonds. The lowest BCUT2D eigenvalue weighted by Gasteiger charge is -2.36. The first-order valence-corrected chi connectivity index (χ1v) is 25.2. The van der Waals surface area contributed by atoms with Crippen LogP contribution in [0.2, 0.25) is 36.3 Å². The van der Waals surface area contributed by atoms with Crippen molar-refractivity contribution in [2.75, 3.05) is 0 Å². The Morgan fingerprint density at radius 3 is 0.472 bits per heavy atom. The number of hydrogen-bond donors (Lipinski definition) is 0. The molecule has 0 saturated carbocycles. The van der Waals surface area contributed by atoms with Gasteiger partial charge >= 0.3 is 55.7 Å². The molecule has 1 fully saturated rings. The molecule has 0 unspecified atom stereocenters. The van der Waals surface area contributed by atoms with E-state index < -0.39 is 55.7 Å². The molecule has 1 aliphatic heterocycles. The van der Waals surface area contributed by atoms with Gasteiger partial charge in [-0.2, -0.15) is 0 Å². The average Bonchev–Trinajstić information content (AvgIpc) is 2.63. The van der Waals surface area contributed by atoms with Crippen LogP contribution in [-0.4, -0.2) is 55.7 Å². The normalized spacial score (nSPS) is 29.5. The highest BCUT2D eigenvalue weighted by atomic mass is 28.5. The van der Waals surface area contributed by atoms with Gasteiger partial charge in [-0.15, -0.1) is 0 Å². The summed E-state index contributed by atoms with van der Waals surface area (Å²) < 4.78 is 41.6. The van der Waals surface area contributed by atoms with Crippen molar-refractivity contribution >= 4 is 55.7 Å². The lowest BCUT2D eigenvalue weighted by Crippen LogP contribution is -2.49. The Morgan fingerprint density at radius 1 is 0.278 bits per heavy atom. The monoisotopic (exact) mass is 612 g/mol. The van der Waals surface area contributed by atoms with E-state index in [1.165, 1.54) is 0 Å². The fourth-order valence-electron chi connectivity index (χ4n) is 4.18. The van der Waals surface area contributed by atoms with Gasteiger partial charge in [0, 0.05) is 0 Å². The summed E-state index contributed by atoms with van der Waals surface area (Å²) in [5, 5.41) is 0. The zero-order valence-electron chi connectivity index (χ0n) is 25.6. The summed E-state index contributed by atoms with van der Waals surface area (Å²) in [6.07, 6.45) is 0. The fraction of sp³-hybridized carbons (Fsp3) is 1.00. The summed E-state index contributed by atoms with van der Waals surface area (Å²) in [7, 11) is -11.5. The zero-order valence-corrected chi connectivity index (χ0v) is 32.5. The lowest BCUT2D eigenvalue weighted by molar-refractivity contribution is 0.269. The second kappa shape index (κ2) is 18.4. The second-order valence-electron chi connectivity index (χ2n) is 13.2. The van der Waals surface area contributed by atoms with Gasteiger partial charge in [-0.05, 0) is 71.8 Å². The summed E-state index contributed by atoms with van der Waals surface area (Å²) in [5.41, 5.74) is 0. The van der Waals surface area contributed by atoms with Crippen molar-refractivity contribution in [2.24, 2.45) is 35.5 Å². The molecule has 0 aliphatic carbocycles. The highest BCUT2D eigenvalue weighted by Crippen LogP contribution is 2.24. The maximum absolute atomic E-state index is 6.93. The minimum atomic E-state index is -1.92. The van der Waals surface area contributed by atoms with E-state index in [9.17, 15) is 0 Å². The predicted octanol–water partition coefficient (Wildman–Crippen LogP) is 5.36. The average molecular weight is 613 g/mol. The van der Waals surface area contributed by atoms with E-state index in [-0.39, 0.29) is 0 Å². The smallest absolute Gasteiger partial charge is 0.303 e. The molecule has 1 saturated heterocycles. The van der Waals surface area contributed by atoms with Crippen LogP contribution < -0.4 is 0 Å².